The van der Waals surface area contributed by atoms with E-state index in [-0.39, 0.29) is 5.91 Å². The van der Waals surface area contributed by atoms with Gasteiger partial charge in [0.05, 0.1) is 18.1 Å². The van der Waals surface area contributed by atoms with Gasteiger partial charge in [0.2, 0.25) is 5.91 Å². The van der Waals surface area contributed by atoms with Gasteiger partial charge in [0, 0.05) is 19.5 Å². The molecule has 1 amide bonds. The average Bonchev–Trinajstić information content (AvgIpc) is 3.29. The molecule has 0 bridgehead atoms. The number of anilines is 1. The van der Waals surface area contributed by atoms with Gasteiger partial charge in [0.25, 0.3) is 0 Å². The normalized spacial score (nSPS) is 14.8. The Morgan fingerprint density at radius 1 is 1.31 bits per heavy atom. The largest absolute Gasteiger partial charge is 0.369 e. The molecule has 0 spiro atoms. The highest BCUT2D eigenvalue weighted by molar-refractivity contribution is 7.98. The Bertz CT molecular complexity index is 741. The number of aromatic nitrogens is 4. The van der Waals surface area contributed by atoms with Crippen LogP contribution in [0.15, 0.2) is 11.4 Å². The van der Waals surface area contributed by atoms with Crippen molar-refractivity contribution in [3.8, 4) is 0 Å². The molecule has 2 aromatic rings. The van der Waals surface area contributed by atoms with E-state index in [4.69, 9.17) is 0 Å². The maximum atomic E-state index is 12.1. The van der Waals surface area contributed by atoms with Crippen molar-refractivity contribution in [1.82, 2.24) is 25.1 Å². The Labute approximate surface area is 158 Å². The maximum Gasteiger partial charge on any atom is 0.220 e. The molecule has 1 saturated carbocycles. The minimum absolute atomic E-state index is 0.151. The third kappa shape index (κ3) is 4.66. The summed E-state index contributed by atoms with van der Waals surface area (Å²) in [5, 5.41) is 12.5. The predicted molar refractivity (Wildman–Crippen MR) is 105 cm³/mol. The number of fused-ring (bicyclic) bond motifs is 1. The highest BCUT2D eigenvalue weighted by Gasteiger charge is 2.18. The molecular formula is C18H28N6OS. The molecule has 7 nitrogen and oxygen atoms in total. The van der Waals surface area contributed by atoms with Gasteiger partial charge in [-0.1, -0.05) is 31.5 Å². The SMILES string of the molecule is CCCNc1nc(SC)nc2c1cnn2CCNC(=O)CC1CCCC1. The highest BCUT2D eigenvalue weighted by atomic mass is 32.2. The first-order valence-electron chi connectivity index (χ1n) is 9.49. The highest BCUT2D eigenvalue weighted by Crippen LogP contribution is 2.27. The molecule has 0 radical (unpaired) electrons. The lowest BCUT2D eigenvalue weighted by molar-refractivity contribution is -0.122. The van der Waals surface area contributed by atoms with Crippen molar-refractivity contribution in [3.05, 3.63) is 6.20 Å². The number of carbonyl (C=O) groups excluding carboxylic acids is 1. The number of thioether (sulfide) groups is 1. The van der Waals surface area contributed by atoms with E-state index in [1.807, 2.05) is 10.9 Å². The zero-order valence-electron chi connectivity index (χ0n) is 15.6. The third-order valence-corrected chi connectivity index (χ3v) is 5.34. The molecule has 0 unspecified atom stereocenters. The fraction of sp³-hybridized carbons (Fsp3) is 0.667. The second-order valence-electron chi connectivity index (χ2n) is 6.80. The van der Waals surface area contributed by atoms with Crippen molar-refractivity contribution < 1.29 is 4.79 Å². The van der Waals surface area contributed by atoms with Gasteiger partial charge in [-0.25, -0.2) is 14.6 Å². The Kier molecular flexibility index (Phi) is 6.71. The molecule has 26 heavy (non-hydrogen) atoms. The van der Waals surface area contributed by atoms with Gasteiger partial charge >= 0.3 is 0 Å². The van der Waals surface area contributed by atoms with E-state index in [2.05, 4.69) is 32.6 Å². The zero-order chi connectivity index (χ0) is 18.4. The topological polar surface area (TPSA) is 84.7 Å². The summed E-state index contributed by atoms with van der Waals surface area (Å²) in [6, 6.07) is 0. The number of amides is 1. The van der Waals surface area contributed by atoms with Crippen molar-refractivity contribution in [2.75, 3.05) is 24.7 Å². The number of nitrogens with zero attached hydrogens (tertiary/aromatic N) is 4. The van der Waals surface area contributed by atoms with Gasteiger partial charge in [0.1, 0.15) is 5.82 Å². The summed E-state index contributed by atoms with van der Waals surface area (Å²) in [6.07, 6.45) is 10.4. The van der Waals surface area contributed by atoms with Crippen molar-refractivity contribution >= 4 is 34.5 Å². The quantitative estimate of drug-likeness (QED) is 0.517. The summed E-state index contributed by atoms with van der Waals surface area (Å²) in [4.78, 5) is 21.2. The second-order valence-corrected chi connectivity index (χ2v) is 7.57. The lowest BCUT2D eigenvalue weighted by atomic mass is 10.0. The van der Waals surface area contributed by atoms with E-state index in [0.29, 0.717) is 25.4 Å². The van der Waals surface area contributed by atoms with Gasteiger partial charge in [0.15, 0.2) is 10.8 Å². The first-order valence-corrected chi connectivity index (χ1v) is 10.7. The second kappa shape index (κ2) is 9.21. The maximum absolute atomic E-state index is 12.1. The first-order chi connectivity index (χ1) is 12.7. The molecule has 0 aromatic carbocycles. The average molecular weight is 377 g/mol. The first kappa shape index (κ1) is 18.9. The van der Waals surface area contributed by atoms with E-state index in [9.17, 15) is 4.79 Å². The van der Waals surface area contributed by atoms with Crippen LogP contribution in [0.4, 0.5) is 5.82 Å². The molecule has 1 aliphatic carbocycles. The number of rotatable bonds is 9. The summed E-state index contributed by atoms with van der Waals surface area (Å²) < 4.78 is 1.85. The summed E-state index contributed by atoms with van der Waals surface area (Å²) >= 11 is 1.52. The van der Waals surface area contributed by atoms with Crippen molar-refractivity contribution in [2.24, 2.45) is 5.92 Å². The van der Waals surface area contributed by atoms with E-state index < -0.39 is 0 Å². The molecule has 2 heterocycles. The van der Waals surface area contributed by atoms with Gasteiger partial charge in [-0.3, -0.25) is 4.79 Å². The van der Waals surface area contributed by atoms with Crippen molar-refractivity contribution in [2.45, 2.75) is 57.1 Å². The summed E-state index contributed by atoms with van der Waals surface area (Å²) in [6.45, 7) is 4.16. The van der Waals surface area contributed by atoms with Gasteiger partial charge in [-0.05, 0) is 31.4 Å². The molecular weight excluding hydrogens is 348 g/mol. The van der Waals surface area contributed by atoms with Gasteiger partial charge in [-0.15, -0.1) is 0 Å². The minimum atomic E-state index is 0.151. The van der Waals surface area contributed by atoms with Crippen molar-refractivity contribution in [3.63, 3.8) is 0 Å². The molecule has 8 heteroatoms. The van der Waals surface area contributed by atoms with Crippen LogP contribution in [0, 0.1) is 5.92 Å². The van der Waals surface area contributed by atoms with Crippen LogP contribution in [-0.2, 0) is 11.3 Å². The number of hydrogen-bond acceptors (Lipinski definition) is 6. The molecule has 2 N–H and O–H groups in total. The lowest BCUT2D eigenvalue weighted by Gasteiger charge is -2.10. The smallest absolute Gasteiger partial charge is 0.220 e. The van der Waals surface area contributed by atoms with Crippen LogP contribution < -0.4 is 10.6 Å². The van der Waals surface area contributed by atoms with E-state index in [0.717, 1.165) is 35.0 Å². The number of nitrogens with one attached hydrogen (secondary N) is 2. The fourth-order valence-corrected chi connectivity index (χ4v) is 3.78. The fourth-order valence-electron chi connectivity index (χ4n) is 3.42. The van der Waals surface area contributed by atoms with Gasteiger partial charge in [-0.2, -0.15) is 5.10 Å². The third-order valence-electron chi connectivity index (χ3n) is 4.80. The standard InChI is InChI=1S/C18H28N6OS/c1-3-8-20-16-14-12-21-24(17(14)23-18(22-16)26-2)10-9-19-15(25)11-13-6-4-5-7-13/h12-13H,3-11H2,1-2H3,(H,19,25)(H,20,22,23). The van der Waals surface area contributed by atoms with Crippen LogP contribution >= 0.6 is 11.8 Å². The molecule has 142 valence electrons. The van der Waals surface area contributed by atoms with Crippen molar-refractivity contribution in [1.29, 1.82) is 0 Å². The molecule has 0 saturated heterocycles. The summed E-state index contributed by atoms with van der Waals surface area (Å²) in [7, 11) is 0. The molecule has 1 fully saturated rings. The summed E-state index contributed by atoms with van der Waals surface area (Å²) in [5.41, 5.74) is 0.813. The van der Waals surface area contributed by atoms with Crippen LogP contribution in [-0.4, -0.2) is 45.0 Å². The molecule has 1 aliphatic rings. The van der Waals surface area contributed by atoms with Crippen LogP contribution in [0.5, 0.6) is 0 Å². The Balaban J connectivity index is 1.63. The Hall–Kier alpha value is -1.83. The molecule has 2 aromatic heterocycles. The van der Waals surface area contributed by atoms with E-state index in [1.54, 1.807) is 6.20 Å². The van der Waals surface area contributed by atoms with Gasteiger partial charge < -0.3 is 10.6 Å². The van der Waals surface area contributed by atoms with Crippen LogP contribution in [0.1, 0.15) is 45.4 Å². The van der Waals surface area contributed by atoms with Crippen LogP contribution in [0.2, 0.25) is 0 Å². The Morgan fingerprint density at radius 2 is 2.12 bits per heavy atom. The number of carbonyl (C=O) groups is 1. The molecule has 0 aliphatic heterocycles. The van der Waals surface area contributed by atoms with Crippen LogP contribution in [0.25, 0.3) is 11.0 Å². The van der Waals surface area contributed by atoms with Crippen LogP contribution in [0.3, 0.4) is 0 Å². The molecule has 3 rings (SSSR count). The monoisotopic (exact) mass is 376 g/mol. The summed E-state index contributed by atoms with van der Waals surface area (Å²) in [5.74, 6) is 1.56. The molecule has 0 atom stereocenters. The number of hydrogen-bond donors (Lipinski definition) is 2. The van der Waals surface area contributed by atoms with E-state index in [1.165, 1.54) is 37.4 Å². The van der Waals surface area contributed by atoms with E-state index >= 15 is 0 Å². The lowest BCUT2D eigenvalue weighted by Crippen LogP contribution is -2.28. The predicted octanol–water partition coefficient (Wildman–Crippen LogP) is 3.07. The minimum Gasteiger partial charge on any atom is -0.369 e. The zero-order valence-corrected chi connectivity index (χ0v) is 16.4. The Morgan fingerprint density at radius 3 is 2.85 bits per heavy atom.